The summed E-state index contributed by atoms with van der Waals surface area (Å²) in [5.41, 5.74) is 0. The van der Waals surface area contributed by atoms with Crippen LogP contribution in [0.5, 0.6) is 0 Å². The summed E-state index contributed by atoms with van der Waals surface area (Å²) in [5.74, 6) is 0. The third kappa shape index (κ3) is 16.7. The number of rotatable bonds is 18. The smallest absolute Gasteiger partial charge is 0.126 e. The zero-order chi connectivity index (χ0) is 18.1. The maximum atomic E-state index is 9.54. The standard InChI is InChI=1S/C21H46NO2/c1-4-5-6-7-8-9-10-11-12-13-14-15-16-17-18-22(2,3)19-21(24)20-23/h21,23-24H,4-20H2,1-3H3/q+1. The van der Waals surface area contributed by atoms with Gasteiger partial charge in [0.05, 0.1) is 27.2 Å². The van der Waals surface area contributed by atoms with E-state index < -0.39 is 6.10 Å². The van der Waals surface area contributed by atoms with Crippen LogP contribution in [0.2, 0.25) is 0 Å². The molecule has 0 aliphatic carbocycles. The van der Waals surface area contributed by atoms with Crippen molar-refractivity contribution in [3.8, 4) is 0 Å². The van der Waals surface area contributed by atoms with Crippen LogP contribution in [0, 0.1) is 0 Å². The Bertz CT molecular complexity index is 256. The van der Waals surface area contributed by atoms with Crippen molar-refractivity contribution in [2.75, 3.05) is 33.8 Å². The molecule has 0 aliphatic rings. The molecule has 0 fully saturated rings. The van der Waals surface area contributed by atoms with Crippen LogP contribution in [-0.4, -0.2) is 54.6 Å². The maximum Gasteiger partial charge on any atom is 0.126 e. The molecule has 0 saturated carbocycles. The number of hydrogen-bond donors (Lipinski definition) is 2. The van der Waals surface area contributed by atoms with E-state index in [4.69, 9.17) is 5.11 Å². The molecular weight excluding hydrogens is 298 g/mol. The van der Waals surface area contributed by atoms with E-state index in [1.807, 2.05) is 0 Å². The molecule has 1 atom stereocenters. The second-order valence-electron chi connectivity index (χ2n) is 8.27. The van der Waals surface area contributed by atoms with Crippen LogP contribution < -0.4 is 0 Å². The van der Waals surface area contributed by atoms with Gasteiger partial charge in [-0.15, -0.1) is 0 Å². The molecule has 0 radical (unpaired) electrons. The number of aliphatic hydroxyl groups is 2. The molecule has 0 spiro atoms. The lowest BCUT2D eigenvalue weighted by atomic mass is 10.0. The monoisotopic (exact) mass is 344 g/mol. The van der Waals surface area contributed by atoms with E-state index >= 15 is 0 Å². The predicted molar refractivity (Wildman–Crippen MR) is 105 cm³/mol. The van der Waals surface area contributed by atoms with Crippen molar-refractivity contribution >= 4 is 0 Å². The lowest BCUT2D eigenvalue weighted by molar-refractivity contribution is -0.893. The molecule has 2 N–H and O–H groups in total. The van der Waals surface area contributed by atoms with Crippen LogP contribution in [0.25, 0.3) is 0 Å². The molecule has 0 saturated heterocycles. The molecule has 0 heterocycles. The van der Waals surface area contributed by atoms with Crippen LogP contribution in [0.1, 0.15) is 96.8 Å². The highest BCUT2D eigenvalue weighted by Crippen LogP contribution is 2.13. The van der Waals surface area contributed by atoms with E-state index in [2.05, 4.69) is 21.0 Å². The number of hydrogen-bond acceptors (Lipinski definition) is 2. The number of nitrogens with zero attached hydrogens (tertiary/aromatic N) is 1. The summed E-state index contributed by atoms with van der Waals surface area (Å²) in [7, 11) is 4.28. The summed E-state index contributed by atoms with van der Waals surface area (Å²) >= 11 is 0. The van der Waals surface area contributed by atoms with Gasteiger partial charge in [0.2, 0.25) is 0 Å². The maximum absolute atomic E-state index is 9.54. The molecule has 24 heavy (non-hydrogen) atoms. The first-order valence-corrected chi connectivity index (χ1v) is 10.6. The average Bonchev–Trinajstić information content (AvgIpc) is 2.54. The summed E-state index contributed by atoms with van der Waals surface area (Å²) in [4.78, 5) is 0. The van der Waals surface area contributed by atoms with Gasteiger partial charge in [-0.3, -0.25) is 0 Å². The fourth-order valence-corrected chi connectivity index (χ4v) is 3.45. The Kier molecular flexibility index (Phi) is 16.3. The van der Waals surface area contributed by atoms with Gasteiger partial charge in [0, 0.05) is 0 Å². The molecular formula is C21H46NO2+. The van der Waals surface area contributed by atoms with Gasteiger partial charge in [-0.1, -0.05) is 84.0 Å². The van der Waals surface area contributed by atoms with Gasteiger partial charge in [-0.25, -0.2) is 0 Å². The van der Waals surface area contributed by atoms with E-state index in [0.717, 1.165) is 11.0 Å². The number of aliphatic hydroxyl groups excluding tert-OH is 2. The molecule has 0 rings (SSSR count). The fraction of sp³-hybridized carbons (Fsp3) is 1.00. The van der Waals surface area contributed by atoms with E-state index in [9.17, 15) is 5.11 Å². The number of quaternary nitrogens is 1. The van der Waals surface area contributed by atoms with E-state index in [-0.39, 0.29) is 6.61 Å². The molecule has 0 amide bonds. The highest BCUT2D eigenvalue weighted by Gasteiger charge is 2.19. The second kappa shape index (κ2) is 16.4. The Morgan fingerprint density at radius 3 is 1.42 bits per heavy atom. The highest BCUT2D eigenvalue weighted by molar-refractivity contribution is 4.52. The van der Waals surface area contributed by atoms with Gasteiger partial charge >= 0.3 is 0 Å². The topological polar surface area (TPSA) is 40.5 Å². The van der Waals surface area contributed by atoms with E-state index in [1.54, 1.807) is 0 Å². The lowest BCUT2D eigenvalue weighted by Gasteiger charge is -2.31. The number of unbranched alkanes of at least 4 members (excludes halogenated alkanes) is 13. The number of likely N-dealkylation sites (N-methyl/N-ethyl adjacent to an activating group) is 1. The lowest BCUT2D eigenvalue weighted by Crippen LogP contribution is -2.46. The van der Waals surface area contributed by atoms with Crippen LogP contribution >= 0.6 is 0 Å². The van der Waals surface area contributed by atoms with Crippen LogP contribution in [0.15, 0.2) is 0 Å². The molecule has 1 unspecified atom stereocenters. The molecule has 0 aliphatic heterocycles. The highest BCUT2D eigenvalue weighted by atomic mass is 16.3. The molecule has 0 aromatic heterocycles. The Morgan fingerprint density at radius 1 is 0.667 bits per heavy atom. The largest absolute Gasteiger partial charge is 0.393 e. The van der Waals surface area contributed by atoms with Crippen molar-refractivity contribution in [1.29, 1.82) is 0 Å². The van der Waals surface area contributed by atoms with E-state index in [1.165, 1.54) is 89.9 Å². The first kappa shape index (κ1) is 23.9. The molecule has 3 nitrogen and oxygen atoms in total. The quantitative estimate of drug-likeness (QED) is 0.274. The van der Waals surface area contributed by atoms with Crippen molar-refractivity contribution < 1.29 is 14.7 Å². The normalized spacial score (nSPS) is 13.4. The summed E-state index contributed by atoms with van der Waals surface area (Å²) in [6.07, 6.45) is 18.9. The molecule has 0 bridgehead atoms. The SMILES string of the molecule is CCCCCCCCCCCCCCCC[N+](C)(C)CC(O)CO. The predicted octanol–water partition coefficient (Wildman–Crippen LogP) is 4.90. The molecule has 0 aromatic carbocycles. The van der Waals surface area contributed by atoms with Gasteiger partial charge in [0.1, 0.15) is 12.6 Å². The fourth-order valence-electron chi connectivity index (χ4n) is 3.45. The Morgan fingerprint density at radius 2 is 1.04 bits per heavy atom. The van der Waals surface area contributed by atoms with Crippen molar-refractivity contribution in [1.82, 2.24) is 0 Å². The summed E-state index contributed by atoms with van der Waals surface area (Å²) in [6.45, 7) is 3.90. The van der Waals surface area contributed by atoms with E-state index in [0.29, 0.717) is 6.54 Å². The van der Waals surface area contributed by atoms with Crippen molar-refractivity contribution in [3.05, 3.63) is 0 Å². The third-order valence-electron chi connectivity index (χ3n) is 5.03. The Labute approximate surface area is 152 Å². The third-order valence-corrected chi connectivity index (χ3v) is 5.03. The van der Waals surface area contributed by atoms with Crippen molar-refractivity contribution in [2.24, 2.45) is 0 Å². The van der Waals surface area contributed by atoms with Gasteiger partial charge in [-0.05, 0) is 12.8 Å². The first-order chi connectivity index (χ1) is 11.5. The minimum Gasteiger partial charge on any atom is -0.393 e. The van der Waals surface area contributed by atoms with Crippen LogP contribution in [-0.2, 0) is 0 Å². The van der Waals surface area contributed by atoms with Crippen LogP contribution in [0.3, 0.4) is 0 Å². The zero-order valence-corrected chi connectivity index (χ0v) is 16.9. The van der Waals surface area contributed by atoms with Crippen molar-refractivity contribution in [3.63, 3.8) is 0 Å². The van der Waals surface area contributed by atoms with Gasteiger partial charge < -0.3 is 14.7 Å². The van der Waals surface area contributed by atoms with Gasteiger partial charge in [0.15, 0.2) is 0 Å². The zero-order valence-electron chi connectivity index (χ0n) is 16.9. The van der Waals surface area contributed by atoms with Crippen LogP contribution in [0.4, 0.5) is 0 Å². The molecule has 0 aromatic rings. The summed E-state index contributed by atoms with van der Waals surface area (Å²) < 4.78 is 0.806. The second-order valence-corrected chi connectivity index (χ2v) is 8.27. The average molecular weight is 345 g/mol. The summed E-state index contributed by atoms with van der Waals surface area (Å²) in [5, 5.41) is 18.5. The molecule has 146 valence electrons. The first-order valence-electron chi connectivity index (χ1n) is 10.6. The van der Waals surface area contributed by atoms with Gasteiger partial charge in [-0.2, -0.15) is 0 Å². The van der Waals surface area contributed by atoms with Gasteiger partial charge in [0.25, 0.3) is 0 Å². The minimum absolute atomic E-state index is 0.125. The molecule has 3 heteroatoms. The minimum atomic E-state index is -0.577. The van der Waals surface area contributed by atoms with Crippen molar-refractivity contribution in [2.45, 2.75) is 103 Å². The Hall–Kier alpha value is -0.120. The summed E-state index contributed by atoms with van der Waals surface area (Å²) in [6, 6.07) is 0. The Balaban J connectivity index is 3.25.